The Labute approximate surface area is 281 Å². The maximum atomic E-state index is 7.29. The second-order valence-corrected chi connectivity index (χ2v) is 16.0. The van der Waals surface area contributed by atoms with Crippen molar-refractivity contribution in [1.29, 1.82) is 0 Å². The van der Waals surface area contributed by atoms with Gasteiger partial charge in [-0.2, -0.15) is 0 Å². The molecule has 0 bridgehead atoms. The fraction of sp³-hybridized carbons (Fsp3) is 0.381. The van der Waals surface area contributed by atoms with E-state index in [1.165, 1.54) is 64.0 Å². The third kappa shape index (κ3) is 9.24. The monoisotopic (exact) mass is 633 g/mol. The number of unbranched alkanes of at least 4 members (excludes halogenated alkanes) is 2. The van der Waals surface area contributed by atoms with E-state index in [1.54, 1.807) is 7.11 Å². The highest BCUT2D eigenvalue weighted by molar-refractivity contribution is 6.80. The van der Waals surface area contributed by atoms with Crippen molar-refractivity contribution in [2.45, 2.75) is 80.3 Å². The number of hydrogen-bond acceptors (Lipinski definition) is 3. The first kappa shape index (κ1) is 35.3. The highest BCUT2D eigenvalue weighted by Gasteiger charge is 2.33. The zero-order valence-corrected chi connectivity index (χ0v) is 30.6. The summed E-state index contributed by atoms with van der Waals surface area (Å²) < 4.78 is 13.2. The molecule has 244 valence electrons. The fourth-order valence-electron chi connectivity index (χ4n) is 6.09. The number of aryl methyl sites for hydroxylation is 2. The topological polar surface area (TPSA) is 21.7 Å². The number of hydrogen-bond donors (Lipinski definition) is 0. The molecule has 0 saturated heterocycles. The second kappa shape index (κ2) is 16.8. The molecular formula is C42H55NO2Si. The average Bonchev–Trinajstić information content (AvgIpc) is 3.06. The molecule has 0 heterocycles. The molecule has 3 nitrogen and oxygen atoms in total. The van der Waals surface area contributed by atoms with Gasteiger partial charge in [-0.15, -0.1) is 0 Å². The van der Waals surface area contributed by atoms with E-state index < -0.39 is 9.04 Å². The molecule has 4 rings (SSSR count). The van der Waals surface area contributed by atoms with Crippen molar-refractivity contribution < 1.29 is 9.16 Å². The third-order valence-electron chi connectivity index (χ3n) is 8.79. The van der Waals surface area contributed by atoms with Crippen LogP contribution < -0.4 is 20.0 Å². The van der Waals surface area contributed by atoms with Crippen molar-refractivity contribution >= 4 is 37.3 Å². The summed E-state index contributed by atoms with van der Waals surface area (Å²) in [5.41, 5.74) is 7.24. The van der Waals surface area contributed by atoms with Gasteiger partial charge in [-0.05, 0) is 76.9 Å². The summed E-state index contributed by atoms with van der Waals surface area (Å²) in [7, 11) is -0.172. The van der Waals surface area contributed by atoms with Gasteiger partial charge < -0.3 is 14.1 Å². The van der Waals surface area contributed by atoms with Crippen molar-refractivity contribution in [3.05, 3.63) is 119 Å². The van der Waals surface area contributed by atoms with Crippen LogP contribution in [0.15, 0.2) is 91.0 Å². The molecule has 0 aliphatic carbocycles. The number of benzene rings is 4. The van der Waals surface area contributed by atoms with E-state index in [1.807, 2.05) is 0 Å². The quantitative estimate of drug-likeness (QED) is 0.0961. The van der Waals surface area contributed by atoms with Crippen LogP contribution in [0.1, 0.15) is 94.2 Å². The molecule has 0 saturated carbocycles. The number of nitrogens with zero attached hydrogens (tertiary/aromatic N) is 1. The van der Waals surface area contributed by atoms with E-state index in [0.717, 1.165) is 24.4 Å². The predicted octanol–water partition coefficient (Wildman–Crippen LogP) is 9.53. The van der Waals surface area contributed by atoms with Gasteiger partial charge in [0, 0.05) is 30.4 Å². The lowest BCUT2D eigenvalue weighted by Gasteiger charge is -2.36. The van der Waals surface area contributed by atoms with Gasteiger partial charge in [0.15, 0.2) is 0 Å². The minimum atomic E-state index is -1.95. The summed E-state index contributed by atoms with van der Waals surface area (Å²) in [5, 5.41) is 2.60. The van der Waals surface area contributed by atoms with E-state index in [4.69, 9.17) is 9.16 Å². The van der Waals surface area contributed by atoms with E-state index in [2.05, 4.69) is 157 Å². The van der Waals surface area contributed by atoms with Crippen molar-refractivity contribution in [3.8, 4) is 5.75 Å². The Balaban J connectivity index is 1.64. The molecule has 1 unspecified atom stereocenters. The van der Waals surface area contributed by atoms with E-state index in [0.29, 0.717) is 0 Å². The molecule has 4 aromatic carbocycles. The number of ether oxygens (including phenoxy) is 1. The highest BCUT2D eigenvalue weighted by atomic mass is 28.3. The lowest BCUT2D eigenvalue weighted by molar-refractivity contribution is 0.0891. The summed E-state index contributed by atoms with van der Waals surface area (Å²) in [4.78, 5) is 2.51. The molecule has 0 fully saturated rings. The van der Waals surface area contributed by atoms with Gasteiger partial charge in [0.1, 0.15) is 5.75 Å². The Kier molecular flexibility index (Phi) is 12.9. The van der Waals surface area contributed by atoms with Gasteiger partial charge in [-0.25, -0.2) is 0 Å². The molecule has 0 aliphatic rings. The third-order valence-corrected chi connectivity index (χ3v) is 11.3. The number of anilines is 1. The van der Waals surface area contributed by atoms with Crippen LogP contribution in [0, 0.1) is 19.3 Å². The minimum absolute atomic E-state index is 0.0442. The Morgan fingerprint density at radius 3 is 1.80 bits per heavy atom. The Bertz CT molecular complexity index is 1490. The van der Waals surface area contributed by atoms with E-state index >= 15 is 0 Å². The van der Waals surface area contributed by atoms with Crippen LogP contribution in [0.2, 0.25) is 0 Å². The Morgan fingerprint density at radius 1 is 0.717 bits per heavy atom. The van der Waals surface area contributed by atoms with Crippen molar-refractivity contribution in [2.24, 2.45) is 5.41 Å². The lowest BCUT2D eigenvalue weighted by atomic mass is 9.82. The molecule has 0 aromatic heterocycles. The van der Waals surface area contributed by atoms with Crippen LogP contribution in [0.5, 0.6) is 5.75 Å². The standard InChI is InChI=1S/C42H55NO2Si/c1-9-11-27-43(28-12-10-2)36-26-25-34(40(31-36)44-8)23-24-35-29-33(4)39(30-32(35)3)41(42(5,6)7)45-46(37-19-15-13-16-20-37)38-21-17-14-18-22-38/h13-26,29-31,41,46H,9-12,27-28H2,1-8H3. The molecule has 1 atom stereocenters. The smallest absolute Gasteiger partial charge is 0.240 e. The summed E-state index contributed by atoms with van der Waals surface area (Å²) in [6.07, 6.45) is 9.17. The van der Waals surface area contributed by atoms with Gasteiger partial charge >= 0.3 is 0 Å². The predicted molar refractivity (Wildman–Crippen MR) is 202 cm³/mol. The Morgan fingerprint density at radius 2 is 1.28 bits per heavy atom. The zero-order chi connectivity index (χ0) is 33.1. The largest absolute Gasteiger partial charge is 0.496 e. The van der Waals surface area contributed by atoms with Crippen LogP contribution in [0.25, 0.3) is 12.2 Å². The van der Waals surface area contributed by atoms with Crippen LogP contribution in [0.3, 0.4) is 0 Å². The van der Waals surface area contributed by atoms with Crippen LogP contribution in [-0.2, 0) is 4.43 Å². The fourth-order valence-corrected chi connectivity index (χ4v) is 8.76. The molecule has 4 heteroatoms. The molecule has 0 spiro atoms. The number of rotatable bonds is 15. The first-order valence-electron chi connectivity index (χ1n) is 17.1. The minimum Gasteiger partial charge on any atom is -0.496 e. The van der Waals surface area contributed by atoms with Crippen molar-refractivity contribution in [2.75, 3.05) is 25.1 Å². The van der Waals surface area contributed by atoms with Gasteiger partial charge in [-0.3, -0.25) is 0 Å². The maximum absolute atomic E-state index is 7.29. The van der Waals surface area contributed by atoms with Gasteiger partial charge in [-0.1, -0.05) is 132 Å². The van der Waals surface area contributed by atoms with Gasteiger partial charge in [0.05, 0.1) is 13.2 Å². The molecule has 0 N–H and O–H groups in total. The first-order valence-corrected chi connectivity index (χ1v) is 18.8. The highest BCUT2D eigenvalue weighted by Crippen LogP contribution is 2.39. The molecule has 0 amide bonds. The molecule has 46 heavy (non-hydrogen) atoms. The first-order chi connectivity index (χ1) is 22.2. The van der Waals surface area contributed by atoms with Gasteiger partial charge in [0.25, 0.3) is 0 Å². The number of methoxy groups -OCH3 is 1. The van der Waals surface area contributed by atoms with Crippen LogP contribution in [0.4, 0.5) is 5.69 Å². The van der Waals surface area contributed by atoms with E-state index in [-0.39, 0.29) is 11.5 Å². The normalized spacial score (nSPS) is 12.5. The lowest BCUT2D eigenvalue weighted by Crippen LogP contribution is -2.47. The van der Waals surface area contributed by atoms with Crippen molar-refractivity contribution in [3.63, 3.8) is 0 Å². The van der Waals surface area contributed by atoms with E-state index in [9.17, 15) is 0 Å². The average molecular weight is 634 g/mol. The summed E-state index contributed by atoms with van der Waals surface area (Å²) in [5.74, 6) is 0.914. The molecule has 4 aromatic rings. The second-order valence-electron chi connectivity index (χ2n) is 13.6. The molecular weight excluding hydrogens is 579 g/mol. The van der Waals surface area contributed by atoms with Gasteiger partial charge in [0.2, 0.25) is 9.04 Å². The van der Waals surface area contributed by atoms with Crippen LogP contribution >= 0.6 is 0 Å². The Hall–Kier alpha value is -3.60. The summed E-state index contributed by atoms with van der Waals surface area (Å²) in [6, 6.07) is 32.9. The SMILES string of the molecule is CCCCN(CCCC)c1ccc(C=Cc2cc(C)c(C(O[SiH](c3ccccc3)c3ccccc3)C(C)(C)C)cc2C)c(OC)c1. The molecule has 0 radical (unpaired) electrons. The van der Waals surface area contributed by atoms with Crippen molar-refractivity contribution in [1.82, 2.24) is 0 Å². The summed E-state index contributed by atoms with van der Waals surface area (Å²) in [6.45, 7) is 18.0. The van der Waals surface area contributed by atoms with Crippen LogP contribution in [-0.4, -0.2) is 29.2 Å². The maximum Gasteiger partial charge on any atom is 0.240 e. The zero-order valence-electron chi connectivity index (χ0n) is 29.5. The molecule has 0 aliphatic heterocycles. The summed E-state index contributed by atoms with van der Waals surface area (Å²) >= 11 is 0.